The molecule has 1 N–H and O–H groups in total. The van der Waals surface area contributed by atoms with Crippen LogP contribution in [0.25, 0.3) is 0 Å². The van der Waals surface area contributed by atoms with Crippen molar-refractivity contribution in [2.45, 2.75) is 44.9 Å². The zero-order chi connectivity index (χ0) is 15.2. The van der Waals surface area contributed by atoms with Gasteiger partial charge < -0.3 is 14.6 Å². The highest BCUT2D eigenvalue weighted by Gasteiger charge is 2.39. The number of hydrogen-bond donors (Lipinski definition) is 1. The third-order valence-corrected chi connectivity index (χ3v) is 3.70. The summed E-state index contributed by atoms with van der Waals surface area (Å²) in [6.07, 6.45) is 2.87. The van der Waals surface area contributed by atoms with Gasteiger partial charge in [0.15, 0.2) is 11.5 Å². The highest BCUT2D eigenvalue weighted by molar-refractivity contribution is 5.81. The third-order valence-electron chi connectivity index (χ3n) is 3.70. The lowest BCUT2D eigenvalue weighted by Crippen LogP contribution is -2.35. The molecule has 1 rings (SSSR count). The largest absolute Gasteiger partial charge is 0.493 e. The SMILES string of the molecule is CCCC(CCC)(C(=O)O)c1ccc(OC)c(OC)c1. The summed E-state index contributed by atoms with van der Waals surface area (Å²) in [5.74, 6) is 0.416. The molecule has 0 aliphatic heterocycles. The van der Waals surface area contributed by atoms with Gasteiger partial charge in [0.05, 0.1) is 19.6 Å². The molecule has 0 bridgehead atoms. The summed E-state index contributed by atoms with van der Waals surface area (Å²) < 4.78 is 10.5. The van der Waals surface area contributed by atoms with Crippen LogP contribution in [0.3, 0.4) is 0 Å². The molecule has 1 aromatic carbocycles. The summed E-state index contributed by atoms with van der Waals surface area (Å²) in [6.45, 7) is 4.02. The molecule has 4 nitrogen and oxygen atoms in total. The highest BCUT2D eigenvalue weighted by Crippen LogP contribution is 2.39. The molecule has 0 unspecified atom stereocenters. The second kappa shape index (κ2) is 7.17. The Labute approximate surface area is 120 Å². The summed E-state index contributed by atoms with van der Waals surface area (Å²) >= 11 is 0. The maximum Gasteiger partial charge on any atom is 0.314 e. The standard InChI is InChI=1S/C16H24O4/c1-5-9-16(10-6-2,15(17)18)12-7-8-13(19-3)14(11-12)20-4/h7-8,11H,5-6,9-10H2,1-4H3,(H,17,18). The van der Waals surface area contributed by atoms with E-state index in [1.54, 1.807) is 26.4 Å². The molecule has 0 spiro atoms. The maximum atomic E-state index is 11.9. The first-order chi connectivity index (χ1) is 9.55. The summed E-state index contributed by atoms with van der Waals surface area (Å²) in [4.78, 5) is 11.9. The zero-order valence-electron chi connectivity index (χ0n) is 12.7. The van der Waals surface area contributed by atoms with Crippen molar-refractivity contribution in [3.05, 3.63) is 23.8 Å². The van der Waals surface area contributed by atoms with E-state index in [0.29, 0.717) is 24.3 Å². The smallest absolute Gasteiger partial charge is 0.314 e. The Kier molecular flexibility index (Phi) is 5.86. The van der Waals surface area contributed by atoms with Crippen molar-refractivity contribution in [3.8, 4) is 11.5 Å². The van der Waals surface area contributed by atoms with Crippen molar-refractivity contribution >= 4 is 5.97 Å². The first-order valence-electron chi connectivity index (χ1n) is 7.01. The molecule has 0 amide bonds. The molecule has 0 saturated carbocycles. The minimum Gasteiger partial charge on any atom is -0.493 e. The van der Waals surface area contributed by atoms with Gasteiger partial charge in [-0.25, -0.2) is 0 Å². The van der Waals surface area contributed by atoms with Gasteiger partial charge in [-0.1, -0.05) is 32.8 Å². The number of ether oxygens (including phenoxy) is 2. The molecule has 0 radical (unpaired) electrons. The lowest BCUT2D eigenvalue weighted by Gasteiger charge is -2.30. The van der Waals surface area contributed by atoms with Crippen LogP contribution >= 0.6 is 0 Å². The van der Waals surface area contributed by atoms with Crippen LogP contribution in [-0.2, 0) is 10.2 Å². The van der Waals surface area contributed by atoms with E-state index in [1.807, 2.05) is 19.9 Å². The lowest BCUT2D eigenvalue weighted by molar-refractivity contribution is -0.144. The van der Waals surface area contributed by atoms with Gasteiger partial charge in [-0.2, -0.15) is 0 Å². The van der Waals surface area contributed by atoms with Crippen LogP contribution in [0, 0.1) is 0 Å². The third kappa shape index (κ3) is 3.06. The molecule has 0 heterocycles. The number of aliphatic carboxylic acids is 1. The normalized spacial score (nSPS) is 11.2. The van der Waals surface area contributed by atoms with Gasteiger partial charge >= 0.3 is 5.97 Å². The van der Waals surface area contributed by atoms with E-state index in [2.05, 4.69) is 0 Å². The molecular weight excluding hydrogens is 256 g/mol. The summed E-state index contributed by atoms with van der Waals surface area (Å²) in [7, 11) is 3.13. The van der Waals surface area contributed by atoms with Crippen molar-refractivity contribution in [1.29, 1.82) is 0 Å². The van der Waals surface area contributed by atoms with Crippen molar-refractivity contribution < 1.29 is 19.4 Å². The van der Waals surface area contributed by atoms with Crippen molar-refractivity contribution in [2.24, 2.45) is 0 Å². The second-order valence-electron chi connectivity index (χ2n) is 4.96. The Morgan fingerprint density at radius 2 is 1.65 bits per heavy atom. The fourth-order valence-electron chi connectivity index (χ4n) is 2.74. The number of methoxy groups -OCH3 is 2. The van der Waals surface area contributed by atoms with Crippen LogP contribution < -0.4 is 9.47 Å². The van der Waals surface area contributed by atoms with Gasteiger partial charge in [-0.3, -0.25) is 4.79 Å². The Bertz CT molecular complexity index is 448. The van der Waals surface area contributed by atoms with E-state index >= 15 is 0 Å². The first kappa shape index (κ1) is 16.3. The molecule has 4 heteroatoms. The van der Waals surface area contributed by atoms with E-state index in [4.69, 9.17) is 9.47 Å². The molecule has 0 aliphatic rings. The number of carbonyl (C=O) groups is 1. The van der Waals surface area contributed by atoms with Gasteiger partial charge in [0, 0.05) is 0 Å². The van der Waals surface area contributed by atoms with Crippen molar-refractivity contribution in [1.82, 2.24) is 0 Å². The van der Waals surface area contributed by atoms with E-state index < -0.39 is 11.4 Å². The van der Waals surface area contributed by atoms with Crippen LogP contribution in [0.2, 0.25) is 0 Å². The quantitative estimate of drug-likeness (QED) is 0.790. The van der Waals surface area contributed by atoms with Gasteiger partial charge in [0.25, 0.3) is 0 Å². The van der Waals surface area contributed by atoms with Crippen molar-refractivity contribution in [2.75, 3.05) is 14.2 Å². The molecule has 0 fully saturated rings. The highest BCUT2D eigenvalue weighted by atomic mass is 16.5. The number of benzene rings is 1. The van der Waals surface area contributed by atoms with Crippen LogP contribution in [-0.4, -0.2) is 25.3 Å². The Balaban J connectivity index is 3.36. The van der Waals surface area contributed by atoms with Crippen LogP contribution in [0.15, 0.2) is 18.2 Å². The van der Waals surface area contributed by atoms with Gasteiger partial charge in [0.1, 0.15) is 0 Å². The lowest BCUT2D eigenvalue weighted by atomic mass is 9.73. The van der Waals surface area contributed by atoms with E-state index in [-0.39, 0.29) is 0 Å². The minimum atomic E-state index is -0.844. The number of rotatable bonds is 8. The van der Waals surface area contributed by atoms with E-state index in [9.17, 15) is 9.90 Å². The Hall–Kier alpha value is -1.71. The predicted octanol–water partition coefficient (Wildman–Crippen LogP) is 3.63. The molecule has 0 aliphatic carbocycles. The monoisotopic (exact) mass is 280 g/mol. The predicted molar refractivity (Wildman–Crippen MR) is 78.7 cm³/mol. The molecule has 1 aromatic rings. The molecular formula is C16H24O4. The molecule has 0 saturated heterocycles. The zero-order valence-corrected chi connectivity index (χ0v) is 12.7. The van der Waals surface area contributed by atoms with Crippen LogP contribution in [0.1, 0.15) is 45.1 Å². The fraction of sp³-hybridized carbons (Fsp3) is 0.562. The van der Waals surface area contributed by atoms with Crippen LogP contribution in [0.4, 0.5) is 0 Å². The number of carboxylic acid groups (broad SMARTS) is 1. The van der Waals surface area contributed by atoms with E-state index in [1.165, 1.54) is 0 Å². The van der Waals surface area contributed by atoms with Crippen molar-refractivity contribution in [3.63, 3.8) is 0 Å². The Morgan fingerprint density at radius 3 is 2.05 bits per heavy atom. The van der Waals surface area contributed by atoms with Gasteiger partial charge in [-0.05, 0) is 30.5 Å². The molecule has 0 atom stereocenters. The summed E-state index contributed by atoms with van der Waals surface area (Å²) in [6, 6.07) is 5.40. The van der Waals surface area contributed by atoms with Gasteiger partial charge in [-0.15, -0.1) is 0 Å². The number of carboxylic acids is 1. The maximum absolute atomic E-state index is 11.9. The fourth-order valence-corrected chi connectivity index (χ4v) is 2.74. The summed E-state index contributed by atoms with van der Waals surface area (Å²) in [5, 5.41) is 9.76. The second-order valence-corrected chi connectivity index (χ2v) is 4.96. The molecule has 20 heavy (non-hydrogen) atoms. The van der Waals surface area contributed by atoms with E-state index in [0.717, 1.165) is 18.4 Å². The van der Waals surface area contributed by atoms with Gasteiger partial charge in [0.2, 0.25) is 0 Å². The number of hydrogen-bond acceptors (Lipinski definition) is 3. The Morgan fingerprint density at radius 1 is 1.10 bits per heavy atom. The average Bonchev–Trinajstić information content (AvgIpc) is 2.45. The van der Waals surface area contributed by atoms with Crippen LogP contribution in [0.5, 0.6) is 11.5 Å². The average molecular weight is 280 g/mol. The topological polar surface area (TPSA) is 55.8 Å². The molecule has 112 valence electrons. The summed E-state index contributed by atoms with van der Waals surface area (Å²) in [5.41, 5.74) is -0.0605. The minimum absolute atomic E-state index is 0.572. The first-order valence-corrected chi connectivity index (χ1v) is 7.01. The molecule has 0 aromatic heterocycles.